The fourth-order valence-electron chi connectivity index (χ4n) is 1.52. The standard InChI is InChI=1S/C11H10N2O3/c14-7-11(16)4-2-6-13-10(11)9-8(15)3-1-5-12-9/h1-3,5-7,15-16H,4H2. The Bertz CT molecular complexity index is 482. The minimum atomic E-state index is -1.71. The summed E-state index contributed by atoms with van der Waals surface area (Å²) in [7, 11) is 0. The molecular weight excluding hydrogens is 208 g/mol. The predicted molar refractivity (Wildman–Crippen MR) is 57.2 cm³/mol. The molecule has 0 saturated heterocycles. The number of hydrogen-bond acceptors (Lipinski definition) is 5. The third-order valence-corrected chi connectivity index (χ3v) is 2.35. The van der Waals surface area contributed by atoms with E-state index in [-0.39, 0.29) is 23.6 Å². The third kappa shape index (κ3) is 1.61. The van der Waals surface area contributed by atoms with Crippen LogP contribution in [0.15, 0.2) is 35.6 Å². The van der Waals surface area contributed by atoms with Crippen LogP contribution in [0.4, 0.5) is 0 Å². The van der Waals surface area contributed by atoms with Crippen molar-refractivity contribution in [3.05, 3.63) is 36.3 Å². The molecule has 2 heterocycles. The molecule has 5 heteroatoms. The molecule has 0 amide bonds. The van der Waals surface area contributed by atoms with Gasteiger partial charge in [0.1, 0.15) is 17.2 Å². The lowest BCUT2D eigenvalue weighted by atomic mass is 9.91. The summed E-state index contributed by atoms with van der Waals surface area (Å²) in [6.07, 6.45) is 5.05. The van der Waals surface area contributed by atoms with E-state index in [9.17, 15) is 15.0 Å². The lowest BCUT2D eigenvalue weighted by Crippen LogP contribution is -2.42. The number of aliphatic imine (C=N–C) groups is 1. The second-order valence-electron chi connectivity index (χ2n) is 3.48. The van der Waals surface area contributed by atoms with Crippen molar-refractivity contribution in [3.63, 3.8) is 0 Å². The number of rotatable bonds is 2. The summed E-state index contributed by atoms with van der Waals surface area (Å²) < 4.78 is 0. The van der Waals surface area contributed by atoms with Crippen molar-refractivity contribution in [2.24, 2.45) is 4.99 Å². The van der Waals surface area contributed by atoms with Crippen LogP contribution in [-0.2, 0) is 4.79 Å². The van der Waals surface area contributed by atoms with E-state index >= 15 is 0 Å². The molecule has 0 spiro atoms. The quantitative estimate of drug-likeness (QED) is 0.705. The van der Waals surface area contributed by atoms with E-state index < -0.39 is 5.60 Å². The molecule has 2 N–H and O–H groups in total. The molecule has 0 radical (unpaired) electrons. The first-order chi connectivity index (χ1) is 7.67. The molecule has 1 aliphatic rings. The van der Waals surface area contributed by atoms with Gasteiger partial charge in [-0.3, -0.25) is 14.8 Å². The van der Waals surface area contributed by atoms with Crippen molar-refractivity contribution in [3.8, 4) is 5.75 Å². The van der Waals surface area contributed by atoms with E-state index in [2.05, 4.69) is 9.98 Å². The Morgan fingerprint density at radius 2 is 2.31 bits per heavy atom. The molecule has 1 aliphatic heterocycles. The Morgan fingerprint density at radius 1 is 1.50 bits per heavy atom. The lowest BCUT2D eigenvalue weighted by molar-refractivity contribution is -0.118. The van der Waals surface area contributed by atoms with Gasteiger partial charge in [-0.1, -0.05) is 6.08 Å². The van der Waals surface area contributed by atoms with E-state index in [4.69, 9.17) is 0 Å². The zero-order valence-corrected chi connectivity index (χ0v) is 8.37. The monoisotopic (exact) mass is 218 g/mol. The Kier molecular flexibility index (Phi) is 2.54. The number of aromatic nitrogens is 1. The van der Waals surface area contributed by atoms with Crippen LogP contribution in [0.2, 0.25) is 0 Å². The summed E-state index contributed by atoms with van der Waals surface area (Å²) in [4.78, 5) is 18.7. The number of aliphatic hydroxyl groups is 1. The minimum absolute atomic E-state index is 0.0723. The molecule has 16 heavy (non-hydrogen) atoms. The molecular formula is C11H10N2O3. The summed E-state index contributed by atoms with van der Waals surface area (Å²) in [5.74, 6) is -0.114. The number of pyridine rings is 1. The molecule has 1 aromatic rings. The maximum absolute atomic E-state index is 10.9. The SMILES string of the molecule is O=CC1(O)CC=CN=C1c1ncccc1O. The molecule has 1 aromatic heterocycles. The maximum atomic E-state index is 10.9. The van der Waals surface area contributed by atoms with Crippen molar-refractivity contribution in [2.75, 3.05) is 0 Å². The van der Waals surface area contributed by atoms with Gasteiger partial charge in [0.15, 0.2) is 11.9 Å². The van der Waals surface area contributed by atoms with Gasteiger partial charge >= 0.3 is 0 Å². The second kappa shape index (κ2) is 3.86. The number of aromatic hydroxyl groups is 1. The first-order valence-electron chi connectivity index (χ1n) is 4.74. The van der Waals surface area contributed by atoms with Crippen molar-refractivity contribution < 1.29 is 15.0 Å². The van der Waals surface area contributed by atoms with Crippen molar-refractivity contribution in [2.45, 2.75) is 12.0 Å². The second-order valence-corrected chi connectivity index (χ2v) is 3.48. The number of nitrogens with zero attached hydrogens (tertiary/aromatic N) is 2. The van der Waals surface area contributed by atoms with Gasteiger partial charge < -0.3 is 10.2 Å². The first-order valence-corrected chi connectivity index (χ1v) is 4.74. The molecule has 0 saturated carbocycles. The van der Waals surface area contributed by atoms with Gasteiger partial charge in [-0.05, 0) is 12.1 Å². The van der Waals surface area contributed by atoms with Crippen LogP contribution in [0, 0.1) is 0 Å². The summed E-state index contributed by atoms with van der Waals surface area (Å²) in [6.45, 7) is 0. The van der Waals surface area contributed by atoms with Gasteiger partial charge in [0.05, 0.1) is 0 Å². The minimum Gasteiger partial charge on any atom is -0.506 e. The Hall–Kier alpha value is -2.01. The number of aldehydes is 1. The van der Waals surface area contributed by atoms with E-state index in [1.165, 1.54) is 18.5 Å². The van der Waals surface area contributed by atoms with Crippen LogP contribution in [0.3, 0.4) is 0 Å². The van der Waals surface area contributed by atoms with Gasteiger partial charge in [0.2, 0.25) is 0 Å². The molecule has 5 nitrogen and oxygen atoms in total. The van der Waals surface area contributed by atoms with E-state index in [0.717, 1.165) is 0 Å². The Labute approximate surface area is 91.8 Å². The summed E-state index contributed by atoms with van der Waals surface area (Å²) in [5, 5.41) is 19.6. The van der Waals surface area contributed by atoms with E-state index in [0.29, 0.717) is 6.29 Å². The third-order valence-electron chi connectivity index (χ3n) is 2.35. The van der Waals surface area contributed by atoms with Crippen molar-refractivity contribution >= 4 is 12.0 Å². The lowest BCUT2D eigenvalue weighted by Gasteiger charge is -2.24. The molecule has 82 valence electrons. The maximum Gasteiger partial charge on any atom is 0.167 e. The Balaban J connectivity index is 2.54. The average molecular weight is 218 g/mol. The molecule has 0 fully saturated rings. The van der Waals surface area contributed by atoms with Gasteiger partial charge in [0, 0.05) is 18.8 Å². The molecule has 0 bridgehead atoms. The van der Waals surface area contributed by atoms with Crippen molar-refractivity contribution in [1.29, 1.82) is 0 Å². The number of hydrogen-bond donors (Lipinski definition) is 2. The normalized spacial score (nSPS) is 23.9. The number of carbonyl (C=O) groups is 1. The average Bonchev–Trinajstić information content (AvgIpc) is 2.31. The summed E-state index contributed by atoms with van der Waals surface area (Å²) in [5.41, 5.74) is -1.51. The topological polar surface area (TPSA) is 82.8 Å². The van der Waals surface area contributed by atoms with Crippen LogP contribution in [0.1, 0.15) is 12.1 Å². The van der Waals surface area contributed by atoms with Gasteiger partial charge in [-0.15, -0.1) is 0 Å². The van der Waals surface area contributed by atoms with E-state index in [1.54, 1.807) is 12.1 Å². The Morgan fingerprint density at radius 3 is 3.00 bits per heavy atom. The predicted octanol–water partition coefficient (Wildman–Crippen LogP) is 0.424. The zero-order valence-electron chi connectivity index (χ0n) is 8.37. The van der Waals surface area contributed by atoms with Crippen molar-refractivity contribution in [1.82, 2.24) is 4.98 Å². The first kappa shape index (κ1) is 10.5. The van der Waals surface area contributed by atoms with Crippen LogP contribution >= 0.6 is 0 Å². The molecule has 1 atom stereocenters. The fourth-order valence-corrected chi connectivity index (χ4v) is 1.52. The smallest absolute Gasteiger partial charge is 0.167 e. The van der Waals surface area contributed by atoms with Gasteiger partial charge in [-0.25, -0.2) is 0 Å². The highest BCUT2D eigenvalue weighted by Crippen LogP contribution is 2.24. The molecule has 0 aromatic carbocycles. The highest BCUT2D eigenvalue weighted by molar-refractivity contribution is 6.15. The van der Waals surface area contributed by atoms with Crippen LogP contribution in [-0.4, -0.2) is 32.8 Å². The van der Waals surface area contributed by atoms with Gasteiger partial charge in [-0.2, -0.15) is 0 Å². The highest BCUT2D eigenvalue weighted by Gasteiger charge is 2.36. The largest absolute Gasteiger partial charge is 0.506 e. The van der Waals surface area contributed by atoms with E-state index in [1.807, 2.05) is 0 Å². The van der Waals surface area contributed by atoms with Crippen LogP contribution in [0.5, 0.6) is 5.75 Å². The van der Waals surface area contributed by atoms with Crippen LogP contribution in [0.25, 0.3) is 0 Å². The molecule has 1 unspecified atom stereocenters. The summed E-state index contributed by atoms with van der Waals surface area (Å²) >= 11 is 0. The number of carbonyl (C=O) groups excluding carboxylic acids is 1. The van der Waals surface area contributed by atoms with Crippen LogP contribution < -0.4 is 0 Å². The van der Waals surface area contributed by atoms with Gasteiger partial charge in [0.25, 0.3) is 0 Å². The highest BCUT2D eigenvalue weighted by atomic mass is 16.3. The fraction of sp³-hybridized carbons (Fsp3) is 0.182. The zero-order chi connectivity index (χ0) is 11.6. The molecule has 2 rings (SSSR count). The summed E-state index contributed by atoms with van der Waals surface area (Å²) in [6, 6.07) is 2.98. The molecule has 0 aliphatic carbocycles.